The van der Waals surface area contributed by atoms with Gasteiger partial charge in [-0.05, 0) is 31.2 Å². The lowest BCUT2D eigenvalue weighted by Gasteiger charge is -2.03. The van der Waals surface area contributed by atoms with Gasteiger partial charge in [0.2, 0.25) is 4.96 Å². The van der Waals surface area contributed by atoms with E-state index in [9.17, 15) is 5.11 Å². The van der Waals surface area contributed by atoms with E-state index in [1.165, 1.54) is 11.3 Å². The molecule has 0 atom stereocenters. The Hall–Kier alpha value is -2.15. The number of fused-ring (bicyclic) bond motifs is 1. The molecule has 0 saturated carbocycles. The van der Waals surface area contributed by atoms with E-state index in [2.05, 4.69) is 20.6 Å². The molecule has 0 amide bonds. The molecule has 2 N–H and O–H groups in total. The number of anilines is 1. The van der Waals surface area contributed by atoms with Crippen LogP contribution in [-0.2, 0) is 6.54 Å². The van der Waals surface area contributed by atoms with Crippen LogP contribution in [0, 0.1) is 6.92 Å². The average Bonchev–Trinajstić information content (AvgIpc) is 2.91. The van der Waals surface area contributed by atoms with Crippen molar-refractivity contribution in [3.05, 3.63) is 35.1 Å². The third-order valence-electron chi connectivity index (χ3n) is 2.50. The molecule has 0 fully saturated rings. The molecule has 7 heteroatoms. The van der Waals surface area contributed by atoms with Gasteiger partial charge in [-0.3, -0.25) is 0 Å². The number of phenols is 1. The third kappa shape index (κ3) is 2.00. The summed E-state index contributed by atoms with van der Waals surface area (Å²) >= 11 is 1.51. The van der Waals surface area contributed by atoms with Gasteiger partial charge in [-0.2, -0.15) is 9.61 Å². The summed E-state index contributed by atoms with van der Waals surface area (Å²) < 4.78 is 1.73. The van der Waals surface area contributed by atoms with Gasteiger partial charge in [0.1, 0.15) is 10.8 Å². The van der Waals surface area contributed by atoms with Gasteiger partial charge in [-0.1, -0.05) is 11.3 Å². The van der Waals surface area contributed by atoms with Crippen LogP contribution in [0.25, 0.3) is 4.96 Å². The quantitative estimate of drug-likeness (QED) is 0.703. The molecule has 6 nitrogen and oxygen atoms in total. The largest absolute Gasteiger partial charge is 0.508 e. The Labute approximate surface area is 107 Å². The number of nitrogens with one attached hydrogen (secondary N) is 1. The Balaban J connectivity index is 1.74. The minimum atomic E-state index is 0.259. The van der Waals surface area contributed by atoms with Gasteiger partial charge in [0.15, 0.2) is 5.82 Å². The van der Waals surface area contributed by atoms with Crippen LogP contribution in [0.4, 0.5) is 5.69 Å². The molecule has 1 aromatic carbocycles. The van der Waals surface area contributed by atoms with Crippen molar-refractivity contribution in [3.8, 4) is 5.75 Å². The van der Waals surface area contributed by atoms with Gasteiger partial charge in [0.05, 0.1) is 6.54 Å². The summed E-state index contributed by atoms with van der Waals surface area (Å²) in [6, 6.07) is 6.93. The van der Waals surface area contributed by atoms with Crippen molar-refractivity contribution in [2.24, 2.45) is 0 Å². The van der Waals surface area contributed by atoms with E-state index in [4.69, 9.17) is 0 Å². The first kappa shape index (κ1) is 11.0. The number of benzene rings is 1. The maximum Gasteiger partial charge on any atom is 0.234 e. The van der Waals surface area contributed by atoms with Crippen LogP contribution in [0.15, 0.2) is 24.3 Å². The molecule has 0 unspecified atom stereocenters. The fraction of sp³-hybridized carbons (Fsp3) is 0.182. The molecular weight excluding hydrogens is 250 g/mol. The Bertz CT molecular complexity index is 672. The van der Waals surface area contributed by atoms with Crippen molar-refractivity contribution < 1.29 is 5.11 Å². The van der Waals surface area contributed by atoms with Crippen molar-refractivity contribution in [1.82, 2.24) is 19.8 Å². The van der Waals surface area contributed by atoms with Crippen LogP contribution in [0.5, 0.6) is 5.75 Å². The predicted octanol–water partition coefficient (Wildman–Crippen LogP) is 1.81. The summed E-state index contributed by atoms with van der Waals surface area (Å²) in [4.78, 5) is 0.801. The molecule has 2 heterocycles. The predicted molar refractivity (Wildman–Crippen MR) is 68.8 cm³/mol. The van der Waals surface area contributed by atoms with Crippen molar-refractivity contribution >= 4 is 22.0 Å². The SMILES string of the molecule is Cc1nnc2sc(CNc3ccc(O)cc3)nn12. The van der Waals surface area contributed by atoms with E-state index < -0.39 is 0 Å². The van der Waals surface area contributed by atoms with E-state index in [0.717, 1.165) is 21.5 Å². The maximum absolute atomic E-state index is 9.18. The highest BCUT2D eigenvalue weighted by molar-refractivity contribution is 7.16. The highest BCUT2D eigenvalue weighted by Crippen LogP contribution is 2.17. The fourth-order valence-electron chi connectivity index (χ4n) is 1.58. The highest BCUT2D eigenvalue weighted by atomic mass is 32.1. The van der Waals surface area contributed by atoms with Crippen LogP contribution in [0.1, 0.15) is 10.8 Å². The lowest BCUT2D eigenvalue weighted by Crippen LogP contribution is -2.00. The Kier molecular flexibility index (Phi) is 2.60. The molecule has 0 saturated heterocycles. The molecule has 3 aromatic rings. The number of nitrogens with zero attached hydrogens (tertiary/aromatic N) is 4. The Morgan fingerprint density at radius 1 is 1.28 bits per heavy atom. The number of rotatable bonds is 3. The van der Waals surface area contributed by atoms with E-state index in [0.29, 0.717) is 6.54 Å². The lowest BCUT2D eigenvalue weighted by atomic mass is 10.3. The van der Waals surface area contributed by atoms with Gasteiger partial charge in [0, 0.05) is 5.69 Å². The number of aryl methyl sites for hydroxylation is 1. The van der Waals surface area contributed by atoms with Crippen LogP contribution < -0.4 is 5.32 Å². The normalized spacial score (nSPS) is 10.9. The van der Waals surface area contributed by atoms with Gasteiger partial charge >= 0.3 is 0 Å². The molecule has 0 bridgehead atoms. The minimum absolute atomic E-state index is 0.259. The second-order valence-electron chi connectivity index (χ2n) is 3.84. The zero-order valence-corrected chi connectivity index (χ0v) is 10.5. The molecule has 0 aliphatic carbocycles. The molecule has 0 spiro atoms. The fourth-order valence-corrected chi connectivity index (χ4v) is 2.40. The van der Waals surface area contributed by atoms with Crippen molar-refractivity contribution in [3.63, 3.8) is 0 Å². The highest BCUT2D eigenvalue weighted by Gasteiger charge is 2.07. The molecule has 0 aliphatic heterocycles. The number of hydrogen-bond donors (Lipinski definition) is 2. The summed E-state index contributed by atoms with van der Waals surface area (Å²) in [6.45, 7) is 2.50. The van der Waals surface area contributed by atoms with E-state index in [1.807, 2.05) is 19.1 Å². The first-order chi connectivity index (χ1) is 8.72. The molecule has 3 rings (SSSR count). The minimum Gasteiger partial charge on any atom is -0.508 e. The summed E-state index contributed by atoms with van der Waals surface area (Å²) in [7, 11) is 0. The molecule has 92 valence electrons. The molecule has 18 heavy (non-hydrogen) atoms. The zero-order chi connectivity index (χ0) is 12.5. The number of phenolic OH excluding ortho intramolecular Hbond substituents is 1. The summed E-state index contributed by atoms with van der Waals surface area (Å²) in [5.41, 5.74) is 0.940. The van der Waals surface area contributed by atoms with Crippen LogP contribution >= 0.6 is 11.3 Å². The average molecular weight is 261 g/mol. The van der Waals surface area contributed by atoms with Crippen LogP contribution in [-0.4, -0.2) is 24.9 Å². The zero-order valence-electron chi connectivity index (χ0n) is 9.66. The summed E-state index contributed by atoms with van der Waals surface area (Å²) in [5, 5.41) is 25.7. The van der Waals surface area contributed by atoms with Gasteiger partial charge in [-0.25, -0.2) is 0 Å². The van der Waals surface area contributed by atoms with Gasteiger partial charge < -0.3 is 10.4 Å². The first-order valence-corrected chi connectivity index (χ1v) is 6.24. The standard InChI is InChI=1S/C11H11N5OS/c1-7-13-14-11-16(7)15-10(18-11)6-12-8-2-4-9(17)5-3-8/h2-5,12,17H,6H2,1H3. The van der Waals surface area contributed by atoms with Gasteiger partial charge in [0.25, 0.3) is 0 Å². The van der Waals surface area contributed by atoms with Crippen molar-refractivity contribution in [2.75, 3.05) is 5.32 Å². The molecule has 0 aliphatic rings. The monoisotopic (exact) mass is 261 g/mol. The lowest BCUT2D eigenvalue weighted by molar-refractivity contribution is 0.475. The molecule has 2 aromatic heterocycles. The third-order valence-corrected chi connectivity index (χ3v) is 3.40. The molecular formula is C11H11N5OS. The Morgan fingerprint density at radius 3 is 2.78 bits per heavy atom. The second kappa shape index (κ2) is 4.26. The first-order valence-electron chi connectivity index (χ1n) is 5.43. The summed E-state index contributed by atoms with van der Waals surface area (Å²) in [5.74, 6) is 1.05. The summed E-state index contributed by atoms with van der Waals surface area (Å²) in [6.07, 6.45) is 0. The number of hydrogen-bond acceptors (Lipinski definition) is 6. The van der Waals surface area contributed by atoms with Crippen LogP contribution in [0.2, 0.25) is 0 Å². The van der Waals surface area contributed by atoms with Crippen LogP contribution in [0.3, 0.4) is 0 Å². The van der Waals surface area contributed by atoms with Gasteiger partial charge in [-0.15, -0.1) is 10.2 Å². The van der Waals surface area contributed by atoms with E-state index in [-0.39, 0.29) is 5.75 Å². The van der Waals surface area contributed by atoms with Crippen molar-refractivity contribution in [1.29, 1.82) is 0 Å². The van der Waals surface area contributed by atoms with E-state index >= 15 is 0 Å². The maximum atomic E-state index is 9.18. The number of aromatic hydroxyl groups is 1. The van der Waals surface area contributed by atoms with E-state index in [1.54, 1.807) is 16.6 Å². The molecule has 0 radical (unpaired) electrons. The Morgan fingerprint density at radius 2 is 2.06 bits per heavy atom. The smallest absolute Gasteiger partial charge is 0.234 e. The topological polar surface area (TPSA) is 75.3 Å². The second-order valence-corrected chi connectivity index (χ2v) is 4.88. The number of aromatic nitrogens is 4. The van der Waals surface area contributed by atoms with Crippen molar-refractivity contribution in [2.45, 2.75) is 13.5 Å².